The van der Waals surface area contributed by atoms with Gasteiger partial charge in [0.05, 0.1) is 0 Å². The predicted octanol–water partition coefficient (Wildman–Crippen LogP) is 3.44. The molecule has 1 nitrogen and oxygen atoms in total. The Kier molecular flexibility index (Phi) is 3.48. The fourth-order valence-electron chi connectivity index (χ4n) is 3.39. The third-order valence-corrected chi connectivity index (χ3v) is 4.16. The van der Waals surface area contributed by atoms with Gasteiger partial charge in [-0.3, -0.25) is 4.90 Å². The van der Waals surface area contributed by atoms with Crippen molar-refractivity contribution in [1.82, 2.24) is 4.90 Å². The van der Waals surface area contributed by atoms with Gasteiger partial charge in [-0.05, 0) is 38.1 Å². The van der Waals surface area contributed by atoms with Crippen LogP contribution in [0.25, 0.3) is 0 Å². The fourth-order valence-corrected chi connectivity index (χ4v) is 3.39. The summed E-state index contributed by atoms with van der Waals surface area (Å²) in [5.74, 6) is 0.857. The van der Waals surface area contributed by atoms with Gasteiger partial charge in [-0.25, -0.2) is 0 Å². The van der Waals surface area contributed by atoms with Crippen molar-refractivity contribution in [2.75, 3.05) is 6.54 Å². The Morgan fingerprint density at radius 1 is 0.929 bits per heavy atom. The minimum absolute atomic E-state index is 0.857. The number of nitrogens with zero attached hydrogens (tertiary/aromatic N) is 1. The molecule has 0 saturated carbocycles. The Balaban J connectivity index is 2.04. The summed E-state index contributed by atoms with van der Waals surface area (Å²) in [5.41, 5.74) is 0. The second-order valence-electron chi connectivity index (χ2n) is 5.48. The van der Waals surface area contributed by atoms with Crippen LogP contribution in [0.5, 0.6) is 0 Å². The Bertz CT molecular complexity index is 176. The quantitative estimate of drug-likeness (QED) is 0.619. The Hall–Kier alpha value is -0.0400. The van der Waals surface area contributed by atoms with Crippen molar-refractivity contribution >= 4 is 0 Å². The molecule has 2 unspecified atom stereocenters. The minimum Gasteiger partial charge on any atom is -0.297 e. The molecule has 0 radical (unpaired) electrons. The molecule has 0 aliphatic carbocycles. The van der Waals surface area contributed by atoms with Gasteiger partial charge in [-0.2, -0.15) is 0 Å². The highest BCUT2D eigenvalue weighted by molar-refractivity contribution is 4.87. The van der Waals surface area contributed by atoms with Gasteiger partial charge in [0.1, 0.15) is 0 Å². The average Bonchev–Trinajstić information content (AvgIpc) is 2.41. The van der Waals surface area contributed by atoms with E-state index in [1.165, 1.54) is 51.5 Å². The number of hydrogen-bond donors (Lipinski definition) is 0. The molecule has 0 N–H and O–H groups in total. The molecule has 0 aromatic heterocycles. The van der Waals surface area contributed by atoms with Crippen molar-refractivity contribution in [2.45, 2.75) is 70.9 Å². The number of piperidine rings is 1. The topological polar surface area (TPSA) is 3.24 Å². The van der Waals surface area contributed by atoms with Crippen LogP contribution in [0.4, 0.5) is 0 Å². The first-order valence-electron chi connectivity index (χ1n) is 6.55. The van der Waals surface area contributed by atoms with Crippen molar-refractivity contribution in [2.24, 2.45) is 5.92 Å². The second-order valence-corrected chi connectivity index (χ2v) is 5.48. The number of fused-ring (bicyclic) bond motifs is 1. The first kappa shape index (κ1) is 10.5. The van der Waals surface area contributed by atoms with Crippen molar-refractivity contribution in [3.8, 4) is 0 Å². The van der Waals surface area contributed by atoms with E-state index >= 15 is 0 Å². The number of hydrogen-bond acceptors (Lipinski definition) is 1. The van der Waals surface area contributed by atoms with Crippen LogP contribution < -0.4 is 0 Å². The van der Waals surface area contributed by atoms with Gasteiger partial charge in [-0.15, -0.1) is 0 Å². The van der Waals surface area contributed by atoms with E-state index in [1.54, 1.807) is 0 Å². The third kappa shape index (κ3) is 2.13. The van der Waals surface area contributed by atoms with E-state index in [2.05, 4.69) is 18.7 Å². The van der Waals surface area contributed by atoms with Gasteiger partial charge in [0.25, 0.3) is 0 Å². The first-order chi connectivity index (χ1) is 6.79. The molecule has 82 valence electrons. The molecule has 2 heterocycles. The average molecular weight is 195 g/mol. The van der Waals surface area contributed by atoms with Gasteiger partial charge in [0.2, 0.25) is 0 Å². The summed E-state index contributed by atoms with van der Waals surface area (Å²) in [5, 5.41) is 0. The van der Waals surface area contributed by atoms with Gasteiger partial charge in [-0.1, -0.05) is 33.1 Å². The summed E-state index contributed by atoms with van der Waals surface area (Å²) in [6, 6.07) is 1.84. The van der Waals surface area contributed by atoms with E-state index in [-0.39, 0.29) is 0 Å². The highest BCUT2D eigenvalue weighted by Gasteiger charge is 2.32. The van der Waals surface area contributed by atoms with Crippen LogP contribution in [-0.2, 0) is 0 Å². The van der Waals surface area contributed by atoms with E-state index in [0.29, 0.717) is 0 Å². The predicted molar refractivity (Wildman–Crippen MR) is 61.4 cm³/mol. The molecule has 2 rings (SSSR count). The zero-order chi connectivity index (χ0) is 9.97. The minimum atomic E-state index is 0.857. The van der Waals surface area contributed by atoms with Crippen molar-refractivity contribution in [1.29, 1.82) is 0 Å². The summed E-state index contributed by atoms with van der Waals surface area (Å²) >= 11 is 0. The largest absolute Gasteiger partial charge is 0.297 e. The molecule has 1 heteroatoms. The zero-order valence-corrected chi connectivity index (χ0v) is 9.84. The van der Waals surface area contributed by atoms with Crippen LogP contribution in [0.15, 0.2) is 0 Å². The lowest BCUT2D eigenvalue weighted by Gasteiger charge is -2.43. The molecule has 2 aliphatic heterocycles. The third-order valence-electron chi connectivity index (χ3n) is 4.16. The molecule has 2 atom stereocenters. The van der Waals surface area contributed by atoms with Crippen LogP contribution >= 0.6 is 0 Å². The van der Waals surface area contributed by atoms with Crippen molar-refractivity contribution in [3.63, 3.8) is 0 Å². The molecule has 0 aromatic carbocycles. The summed E-state index contributed by atoms with van der Waals surface area (Å²) in [4.78, 5) is 2.85. The zero-order valence-electron chi connectivity index (χ0n) is 9.84. The maximum atomic E-state index is 2.85. The maximum absolute atomic E-state index is 2.85. The van der Waals surface area contributed by atoms with E-state index in [4.69, 9.17) is 0 Å². The summed E-state index contributed by atoms with van der Waals surface area (Å²) < 4.78 is 0. The van der Waals surface area contributed by atoms with E-state index in [9.17, 15) is 0 Å². The SMILES string of the molecule is CC(C)C1CCCC2CCCCCN21. The van der Waals surface area contributed by atoms with Crippen LogP contribution in [0.3, 0.4) is 0 Å². The lowest BCUT2D eigenvalue weighted by atomic mass is 9.88. The first-order valence-corrected chi connectivity index (χ1v) is 6.55. The molecule has 2 saturated heterocycles. The molecule has 0 spiro atoms. The molecular formula is C13H25N. The van der Waals surface area contributed by atoms with Crippen LogP contribution in [0.1, 0.15) is 58.8 Å². The van der Waals surface area contributed by atoms with Crippen molar-refractivity contribution in [3.05, 3.63) is 0 Å². The summed E-state index contributed by atoms with van der Waals surface area (Å²) in [7, 11) is 0. The highest BCUT2D eigenvalue weighted by Crippen LogP contribution is 2.32. The van der Waals surface area contributed by atoms with Gasteiger partial charge in [0, 0.05) is 12.1 Å². The molecule has 14 heavy (non-hydrogen) atoms. The normalized spacial score (nSPS) is 35.4. The molecule has 2 aliphatic rings. The van der Waals surface area contributed by atoms with Crippen LogP contribution in [-0.4, -0.2) is 23.5 Å². The molecule has 0 aromatic rings. The van der Waals surface area contributed by atoms with E-state index in [1.807, 2.05) is 0 Å². The monoisotopic (exact) mass is 195 g/mol. The smallest absolute Gasteiger partial charge is 0.0121 e. The van der Waals surface area contributed by atoms with Gasteiger partial charge < -0.3 is 0 Å². The van der Waals surface area contributed by atoms with E-state index in [0.717, 1.165) is 18.0 Å². The Morgan fingerprint density at radius 2 is 1.71 bits per heavy atom. The molecular weight excluding hydrogens is 170 g/mol. The molecule has 0 bridgehead atoms. The van der Waals surface area contributed by atoms with Crippen LogP contribution in [0, 0.1) is 5.92 Å². The van der Waals surface area contributed by atoms with Gasteiger partial charge >= 0.3 is 0 Å². The lowest BCUT2D eigenvalue weighted by molar-refractivity contribution is 0.0586. The summed E-state index contributed by atoms with van der Waals surface area (Å²) in [6.45, 7) is 6.18. The standard InChI is InChI=1S/C13H25N/c1-11(2)13-9-6-8-12-7-4-3-5-10-14(12)13/h11-13H,3-10H2,1-2H3. The highest BCUT2D eigenvalue weighted by atomic mass is 15.2. The second kappa shape index (κ2) is 4.65. The van der Waals surface area contributed by atoms with Gasteiger partial charge in [0.15, 0.2) is 0 Å². The lowest BCUT2D eigenvalue weighted by Crippen LogP contribution is -2.48. The molecule has 2 fully saturated rings. The van der Waals surface area contributed by atoms with Crippen LogP contribution in [0.2, 0.25) is 0 Å². The number of rotatable bonds is 1. The van der Waals surface area contributed by atoms with E-state index < -0.39 is 0 Å². The van der Waals surface area contributed by atoms with Crippen molar-refractivity contribution < 1.29 is 0 Å². The maximum Gasteiger partial charge on any atom is 0.0121 e. The fraction of sp³-hybridized carbons (Fsp3) is 1.00. The Labute approximate surface area is 88.9 Å². The Morgan fingerprint density at radius 3 is 2.50 bits per heavy atom. The summed E-state index contributed by atoms with van der Waals surface area (Å²) in [6.07, 6.45) is 10.3. The molecule has 0 amide bonds.